The number of hydrogen-bond donors (Lipinski definition) is 2. The number of ether oxygens (including phenoxy) is 1. The Morgan fingerprint density at radius 1 is 1.19 bits per heavy atom. The van der Waals surface area contributed by atoms with Gasteiger partial charge in [0.25, 0.3) is 5.91 Å². The first kappa shape index (κ1) is 19.4. The Bertz CT molecular complexity index is 918. The third-order valence-electron chi connectivity index (χ3n) is 3.65. The molecule has 2 aromatic carbocycles. The SMILES string of the molecule is CNS(=O)(=O)c1ccc(CNC(=O)C(C)Oc2ccccc2C#N)cc1. The molecule has 2 aromatic rings. The highest BCUT2D eigenvalue weighted by molar-refractivity contribution is 7.89. The average molecular weight is 373 g/mol. The molecule has 0 aliphatic heterocycles. The highest BCUT2D eigenvalue weighted by Gasteiger charge is 2.16. The van der Waals surface area contributed by atoms with Crippen LogP contribution in [0.25, 0.3) is 0 Å². The van der Waals surface area contributed by atoms with Crippen molar-refractivity contribution in [3.05, 3.63) is 59.7 Å². The first-order valence-electron chi connectivity index (χ1n) is 7.83. The second-order valence-electron chi connectivity index (χ2n) is 5.44. The van der Waals surface area contributed by atoms with Crippen molar-refractivity contribution in [3.63, 3.8) is 0 Å². The molecule has 26 heavy (non-hydrogen) atoms. The normalized spacial score (nSPS) is 12.0. The molecule has 0 heterocycles. The van der Waals surface area contributed by atoms with Crippen LogP contribution in [0.5, 0.6) is 5.75 Å². The molecule has 0 fully saturated rings. The summed E-state index contributed by atoms with van der Waals surface area (Å²) in [5.74, 6) is 0.00365. The van der Waals surface area contributed by atoms with E-state index in [9.17, 15) is 13.2 Å². The summed E-state index contributed by atoms with van der Waals surface area (Å²) in [5, 5.41) is 11.8. The lowest BCUT2D eigenvalue weighted by Crippen LogP contribution is -2.36. The Kier molecular flexibility index (Phi) is 6.33. The minimum atomic E-state index is -3.48. The number of sulfonamides is 1. The van der Waals surface area contributed by atoms with E-state index in [2.05, 4.69) is 10.0 Å². The van der Waals surface area contributed by atoms with Crippen LogP contribution >= 0.6 is 0 Å². The van der Waals surface area contributed by atoms with Gasteiger partial charge in [-0.2, -0.15) is 5.26 Å². The van der Waals surface area contributed by atoms with E-state index in [1.165, 1.54) is 19.2 Å². The number of para-hydroxylation sites is 1. The summed E-state index contributed by atoms with van der Waals surface area (Å²) in [6.07, 6.45) is -0.784. The van der Waals surface area contributed by atoms with Crippen molar-refractivity contribution in [3.8, 4) is 11.8 Å². The third kappa shape index (κ3) is 4.81. The fourth-order valence-electron chi connectivity index (χ4n) is 2.14. The Hall–Kier alpha value is -2.89. The first-order valence-corrected chi connectivity index (χ1v) is 9.31. The average Bonchev–Trinajstić information content (AvgIpc) is 2.66. The molecule has 0 bridgehead atoms. The fraction of sp³-hybridized carbons (Fsp3) is 0.222. The zero-order valence-corrected chi connectivity index (χ0v) is 15.2. The van der Waals surface area contributed by atoms with Gasteiger partial charge in [0, 0.05) is 6.54 Å². The molecule has 2 N–H and O–H groups in total. The van der Waals surface area contributed by atoms with Crippen LogP contribution < -0.4 is 14.8 Å². The van der Waals surface area contributed by atoms with Crippen molar-refractivity contribution in [1.29, 1.82) is 5.26 Å². The number of carbonyl (C=O) groups excluding carboxylic acids is 1. The lowest BCUT2D eigenvalue weighted by Gasteiger charge is -2.15. The van der Waals surface area contributed by atoms with Crippen molar-refractivity contribution in [2.24, 2.45) is 0 Å². The van der Waals surface area contributed by atoms with Crippen LogP contribution in [0.15, 0.2) is 53.4 Å². The predicted molar refractivity (Wildman–Crippen MR) is 95.8 cm³/mol. The van der Waals surface area contributed by atoms with Gasteiger partial charge in [0.2, 0.25) is 10.0 Å². The molecule has 0 aliphatic rings. The summed E-state index contributed by atoms with van der Waals surface area (Å²) in [6, 6.07) is 14.9. The van der Waals surface area contributed by atoms with E-state index >= 15 is 0 Å². The minimum Gasteiger partial charge on any atom is -0.480 e. The van der Waals surface area contributed by atoms with E-state index in [1.807, 2.05) is 6.07 Å². The van der Waals surface area contributed by atoms with Crippen LogP contribution in [0.1, 0.15) is 18.1 Å². The Morgan fingerprint density at radius 2 is 1.85 bits per heavy atom. The molecular weight excluding hydrogens is 354 g/mol. The summed E-state index contributed by atoms with van der Waals surface area (Å²) in [6.45, 7) is 1.82. The fourth-order valence-corrected chi connectivity index (χ4v) is 2.87. The monoisotopic (exact) mass is 373 g/mol. The van der Waals surface area contributed by atoms with Crippen LogP contribution in [0, 0.1) is 11.3 Å². The van der Waals surface area contributed by atoms with Gasteiger partial charge in [-0.05, 0) is 43.8 Å². The van der Waals surface area contributed by atoms with Gasteiger partial charge in [-0.15, -0.1) is 0 Å². The number of nitriles is 1. The number of nitrogens with zero attached hydrogens (tertiary/aromatic N) is 1. The predicted octanol–water partition coefficient (Wildman–Crippen LogP) is 1.55. The summed E-state index contributed by atoms with van der Waals surface area (Å²) in [7, 11) is -2.14. The third-order valence-corrected chi connectivity index (χ3v) is 5.08. The van der Waals surface area contributed by atoms with Gasteiger partial charge in [-0.25, -0.2) is 13.1 Å². The molecule has 0 saturated carbocycles. The smallest absolute Gasteiger partial charge is 0.261 e. The number of nitrogens with one attached hydrogen (secondary N) is 2. The molecule has 1 amide bonds. The van der Waals surface area contributed by atoms with E-state index in [0.717, 1.165) is 5.56 Å². The van der Waals surface area contributed by atoms with Crippen LogP contribution in [-0.2, 0) is 21.4 Å². The molecule has 1 atom stereocenters. The minimum absolute atomic E-state index is 0.153. The van der Waals surface area contributed by atoms with Gasteiger partial charge < -0.3 is 10.1 Å². The molecule has 136 valence electrons. The number of rotatable bonds is 7. The zero-order valence-electron chi connectivity index (χ0n) is 14.4. The summed E-state index contributed by atoms with van der Waals surface area (Å²) >= 11 is 0. The quantitative estimate of drug-likeness (QED) is 0.765. The van der Waals surface area contributed by atoms with Crippen molar-refractivity contribution in [2.45, 2.75) is 24.5 Å². The van der Waals surface area contributed by atoms with Crippen molar-refractivity contribution in [2.75, 3.05) is 7.05 Å². The largest absolute Gasteiger partial charge is 0.480 e. The number of benzene rings is 2. The van der Waals surface area contributed by atoms with E-state index in [4.69, 9.17) is 10.00 Å². The molecule has 8 heteroatoms. The summed E-state index contributed by atoms with van der Waals surface area (Å²) < 4.78 is 31.1. The maximum absolute atomic E-state index is 12.2. The standard InChI is InChI=1S/C18H19N3O4S/c1-13(25-17-6-4-3-5-15(17)11-19)18(22)21-12-14-7-9-16(10-8-14)26(23,24)20-2/h3-10,13,20H,12H2,1-2H3,(H,21,22). The van der Waals surface area contributed by atoms with E-state index in [1.54, 1.807) is 43.3 Å². The first-order chi connectivity index (χ1) is 12.4. The van der Waals surface area contributed by atoms with Gasteiger partial charge in [0.15, 0.2) is 6.10 Å². The second kappa shape index (κ2) is 8.47. The summed E-state index contributed by atoms with van der Waals surface area (Å²) in [5.41, 5.74) is 1.10. The van der Waals surface area contributed by atoms with Crippen molar-refractivity contribution >= 4 is 15.9 Å². The molecule has 0 aromatic heterocycles. The van der Waals surface area contributed by atoms with Crippen LogP contribution in [0.4, 0.5) is 0 Å². The molecule has 1 unspecified atom stereocenters. The molecule has 0 spiro atoms. The molecule has 2 rings (SSSR count). The lowest BCUT2D eigenvalue weighted by molar-refractivity contribution is -0.127. The van der Waals surface area contributed by atoms with E-state index < -0.39 is 16.1 Å². The number of amides is 1. The highest BCUT2D eigenvalue weighted by Crippen LogP contribution is 2.18. The highest BCUT2D eigenvalue weighted by atomic mass is 32.2. The number of hydrogen-bond acceptors (Lipinski definition) is 5. The van der Waals surface area contributed by atoms with Crippen LogP contribution in [0.2, 0.25) is 0 Å². The van der Waals surface area contributed by atoms with Gasteiger partial charge in [-0.1, -0.05) is 24.3 Å². The zero-order chi connectivity index (χ0) is 19.2. The van der Waals surface area contributed by atoms with Crippen molar-refractivity contribution in [1.82, 2.24) is 10.0 Å². The second-order valence-corrected chi connectivity index (χ2v) is 7.32. The number of carbonyl (C=O) groups is 1. The molecular formula is C18H19N3O4S. The van der Waals surface area contributed by atoms with E-state index in [0.29, 0.717) is 11.3 Å². The molecule has 0 saturated heterocycles. The topological polar surface area (TPSA) is 108 Å². The maximum Gasteiger partial charge on any atom is 0.261 e. The summed E-state index contributed by atoms with van der Waals surface area (Å²) in [4.78, 5) is 12.3. The van der Waals surface area contributed by atoms with Gasteiger partial charge in [0.05, 0.1) is 10.5 Å². The van der Waals surface area contributed by atoms with Gasteiger partial charge >= 0.3 is 0 Å². The van der Waals surface area contributed by atoms with Gasteiger partial charge in [0.1, 0.15) is 11.8 Å². The molecule has 0 radical (unpaired) electrons. The maximum atomic E-state index is 12.2. The van der Waals surface area contributed by atoms with Gasteiger partial charge in [-0.3, -0.25) is 4.79 Å². The van der Waals surface area contributed by atoms with E-state index in [-0.39, 0.29) is 17.3 Å². The van der Waals surface area contributed by atoms with Crippen LogP contribution in [-0.4, -0.2) is 27.5 Å². The lowest BCUT2D eigenvalue weighted by atomic mass is 10.2. The van der Waals surface area contributed by atoms with Crippen molar-refractivity contribution < 1.29 is 17.9 Å². The molecule has 0 aliphatic carbocycles. The molecule has 7 nitrogen and oxygen atoms in total. The Balaban J connectivity index is 1.95. The Labute approximate surface area is 152 Å². The van der Waals surface area contributed by atoms with Crippen LogP contribution in [0.3, 0.4) is 0 Å². The Morgan fingerprint density at radius 3 is 2.46 bits per heavy atom.